The van der Waals surface area contributed by atoms with Gasteiger partial charge in [-0.1, -0.05) is 19.3 Å². The Balaban J connectivity index is 2.26. The van der Waals surface area contributed by atoms with Crippen LogP contribution in [0.2, 0.25) is 0 Å². The first-order valence-electron chi connectivity index (χ1n) is 7.03. The highest BCUT2D eigenvalue weighted by molar-refractivity contribution is 5.69. The predicted octanol–water partition coefficient (Wildman–Crippen LogP) is 2.89. The van der Waals surface area contributed by atoms with E-state index in [1.54, 1.807) is 6.92 Å². The summed E-state index contributed by atoms with van der Waals surface area (Å²) in [4.78, 5) is 25.8. The maximum atomic E-state index is 11.1. The monoisotopic (exact) mass is 293 g/mol. The van der Waals surface area contributed by atoms with Gasteiger partial charge in [0.15, 0.2) is 0 Å². The van der Waals surface area contributed by atoms with Crippen molar-refractivity contribution in [1.29, 1.82) is 0 Å². The Morgan fingerprint density at radius 1 is 1.48 bits per heavy atom. The lowest BCUT2D eigenvalue weighted by Crippen LogP contribution is -2.42. The van der Waals surface area contributed by atoms with E-state index in [4.69, 9.17) is 5.11 Å². The number of aryl methyl sites for hydroxylation is 1. The fraction of sp³-hybridized carbons (Fsp3) is 0.571. The summed E-state index contributed by atoms with van der Waals surface area (Å²) in [6.07, 6.45) is 5.91. The lowest BCUT2D eigenvalue weighted by molar-refractivity contribution is -0.385. The Morgan fingerprint density at radius 3 is 2.71 bits per heavy atom. The van der Waals surface area contributed by atoms with E-state index in [2.05, 4.69) is 10.3 Å². The highest BCUT2D eigenvalue weighted by Crippen LogP contribution is 2.34. The van der Waals surface area contributed by atoms with E-state index in [1.807, 2.05) is 0 Å². The van der Waals surface area contributed by atoms with E-state index in [0.717, 1.165) is 32.1 Å². The molecule has 0 unspecified atom stereocenters. The molecule has 0 radical (unpaired) electrons. The van der Waals surface area contributed by atoms with Crippen LogP contribution in [-0.4, -0.2) is 26.5 Å². The molecule has 1 fully saturated rings. The van der Waals surface area contributed by atoms with Gasteiger partial charge in [0.2, 0.25) is 0 Å². The van der Waals surface area contributed by atoms with Crippen LogP contribution in [0.25, 0.3) is 0 Å². The van der Waals surface area contributed by atoms with Gasteiger partial charge in [-0.05, 0) is 19.8 Å². The summed E-state index contributed by atoms with van der Waals surface area (Å²) in [7, 11) is 0. The number of anilines is 1. The zero-order chi connectivity index (χ0) is 15.5. The lowest BCUT2D eigenvalue weighted by Gasteiger charge is -2.37. The second kappa shape index (κ2) is 6.07. The van der Waals surface area contributed by atoms with E-state index in [1.165, 1.54) is 12.3 Å². The second-order valence-electron chi connectivity index (χ2n) is 5.65. The van der Waals surface area contributed by atoms with Crippen LogP contribution in [0.4, 0.5) is 11.5 Å². The van der Waals surface area contributed by atoms with Crippen molar-refractivity contribution in [3.63, 3.8) is 0 Å². The molecule has 1 heterocycles. The van der Waals surface area contributed by atoms with E-state index >= 15 is 0 Å². The number of nitro groups is 1. The average molecular weight is 293 g/mol. The molecule has 21 heavy (non-hydrogen) atoms. The third-order valence-electron chi connectivity index (χ3n) is 3.96. The highest BCUT2D eigenvalue weighted by atomic mass is 16.6. The molecule has 1 aliphatic carbocycles. The number of nitrogens with one attached hydrogen (secondary N) is 1. The van der Waals surface area contributed by atoms with Crippen molar-refractivity contribution in [2.45, 2.75) is 51.0 Å². The predicted molar refractivity (Wildman–Crippen MR) is 77.3 cm³/mol. The molecule has 0 bridgehead atoms. The smallest absolute Gasteiger partial charge is 0.305 e. The van der Waals surface area contributed by atoms with Crippen molar-refractivity contribution in [2.75, 3.05) is 5.32 Å². The summed E-state index contributed by atoms with van der Waals surface area (Å²) in [6, 6.07) is 1.38. The fourth-order valence-electron chi connectivity index (χ4n) is 2.91. The van der Waals surface area contributed by atoms with Crippen molar-refractivity contribution < 1.29 is 14.8 Å². The van der Waals surface area contributed by atoms with Crippen LogP contribution in [0.1, 0.15) is 44.1 Å². The van der Waals surface area contributed by atoms with E-state index in [0.29, 0.717) is 11.4 Å². The van der Waals surface area contributed by atoms with Crippen molar-refractivity contribution in [3.05, 3.63) is 27.9 Å². The van der Waals surface area contributed by atoms with Gasteiger partial charge in [-0.3, -0.25) is 14.9 Å². The van der Waals surface area contributed by atoms with Crippen LogP contribution in [0.15, 0.2) is 12.3 Å². The van der Waals surface area contributed by atoms with Gasteiger partial charge in [0.1, 0.15) is 5.82 Å². The van der Waals surface area contributed by atoms with Crippen LogP contribution in [0, 0.1) is 17.0 Å². The third-order valence-corrected chi connectivity index (χ3v) is 3.96. The first kappa shape index (κ1) is 15.2. The van der Waals surface area contributed by atoms with Crippen molar-refractivity contribution in [3.8, 4) is 0 Å². The number of hydrogen-bond acceptors (Lipinski definition) is 5. The number of aliphatic carboxylic acids is 1. The Morgan fingerprint density at radius 2 is 2.14 bits per heavy atom. The quantitative estimate of drug-likeness (QED) is 0.638. The number of pyridine rings is 1. The Hall–Kier alpha value is -2.18. The zero-order valence-corrected chi connectivity index (χ0v) is 12.0. The Labute approximate surface area is 122 Å². The van der Waals surface area contributed by atoms with E-state index < -0.39 is 16.4 Å². The van der Waals surface area contributed by atoms with Gasteiger partial charge in [0, 0.05) is 17.3 Å². The molecule has 7 heteroatoms. The number of hydrogen-bond donors (Lipinski definition) is 2. The van der Waals surface area contributed by atoms with Crippen LogP contribution >= 0.6 is 0 Å². The lowest BCUT2D eigenvalue weighted by atomic mass is 9.79. The number of carbonyl (C=O) groups is 1. The maximum absolute atomic E-state index is 11.1. The molecule has 1 aliphatic rings. The van der Waals surface area contributed by atoms with Crippen LogP contribution in [-0.2, 0) is 4.79 Å². The normalized spacial score (nSPS) is 17.2. The topological polar surface area (TPSA) is 105 Å². The third kappa shape index (κ3) is 3.68. The highest BCUT2D eigenvalue weighted by Gasteiger charge is 2.35. The second-order valence-corrected chi connectivity index (χ2v) is 5.65. The minimum atomic E-state index is -0.869. The van der Waals surface area contributed by atoms with Gasteiger partial charge in [-0.2, -0.15) is 0 Å². The first-order valence-corrected chi connectivity index (χ1v) is 7.03. The molecule has 7 nitrogen and oxygen atoms in total. The average Bonchev–Trinajstić information content (AvgIpc) is 2.40. The van der Waals surface area contributed by atoms with Gasteiger partial charge in [-0.15, -0.1) is 0 Å². The zero-order valence-electron chi connectivity index (χ0n) is 12.0. The maximum Gasteiger partial charge on any atom is 0.305 e. The molecule has 0 aliphatic heterocycles. The summed E-state index contributed by atoms with van der Waals surface area (Å²) >= 11 is 0. The van der Waals surface area contributed by atoms with Gasteiger partial charge in [0.05, 0.1) is 17.4 Å². The van der Waals surface area contributed by atoms with Gasteiger partial charge in [0.25, 0.3) is 5.69 Å². The summed E-state index contributed by atoms with van der Waals surface area (Å²) in [5.41, 5.74) is -0.0736. The van der Waals surface area contributed by atoms with Gasteiger partial charge < -0.3 is 10.4 Å². The summed E-state index contributed by atoms with van der Waals surface area (Å²) in [5.74, 6) is -0.499. The molecule has 2 rings (SSSR count). The first-order chi connectivity index (χ1) is 9.92. The molecule has 0 atom stereocenters. The van der Waals surface area contributed by atoms with Crippen molar-refractivity contribution >= 4 is 17.5 Å². The minimum absolute atomic E-state index is 0.00362. The van der Waals surface area contributed by atoms with Crippen molar-refractivity contribution in [1.82, 2.24) is 4.98 Å². The summed E-state index contributed by atoms with van der Waals surface area (Å²) < 4.78 is 0. The molecular weight excluding hydrogens is 274 g/mol. The van der Waals surface area contributed by atoms with E-state index in [-0.39, 0.29) is 12.1 Å². The molecule has 0 amide bonds. The van der Waals surface area contributed by atoms with Crippen molar-refractivity contribution in [2.24, 2.45) is 0 Å². The van der Waals surface area contributed by atoms with Gasteiger partial charge >= 0.3 is 5.97 Å². The van der Waals surface area contributed by atoms with Crippen LogP contribution < -0.4 is 5.32 Å². The minimum Gasteiger partial charge on any atom is -0.481 e. The molecule has 1 saturated carbocycles. The Bertz CT molecular complexity index is 553. The van der Waals surface area contributed by atoms with Gasteiger partial charge in [-0.25, -0.2) is 4.98 Å². The standard InChI is InChI=1S/C14H19N3O4/c1-10-9-15-12(7-11(10)17(20)21)16-14(8-13(18)19)5-3-2-4-6-14/h7,9H,2-6,8H2,1H3,(H,15,16)(H,18,19). The molecule has 2 N–H and O–H groups in total. The molecule has 1 aromatic rings. The fourth-order valence-corrected chi connectivity index (χ4v) is 2.91. The number of nitrogens with zero attached hydrogens (tertiary/aromatic N) is 2. The van der Waals surface area contributed by atoms with E-state index in [9.17, 15) is 14.9 Å². The molecule has 114 valence electrons. The summed E-state index contributed by atoms with van der Waals surface area (Å²) in [5, 5.41) is 23.3. The Kier molecular flexibility index (Phi) is 4.40. The summed E-state index contributed by atoms with van der Waals surface area (Å²) in [6.45, 7) is 1.63. The molecule has 0 saturated heterocycles. The number of rotatable bonds is 5. The molecule has 0 spiro atoms. The molecule has 0 aromatic carbocycles. The number of carboxylic acid groups (broad SMARTS) is 1. The number of carboxylic acids is 1. The molecular formula is C14H19N3O4. The number of aromatic nitrogens is 1. The molecule has 1 aromatic heterocycles. The van der Waals surface area contributed by atoms with Crippen LogP contribution in [0.3, 0.4) is 0 Å². The van der Waals surface area contributed by atoms with Crippen LogP contribution in [0.5, 0.6) is 0 Å². The largest absolute Gasteiger partial charge is 0.481 e. The SMILES string of the molecule is Cc1cnc(NC2(CC(=O)O)CCCCC2)cc1[N+](=O)[O-].